The molecule has 3 rings (SSSR count). The average molecular weight is 569 g/mol. The lowest BCUT2D eigenvalue weighted by atomic mass is 10.1. The van der Waals surface area contributed by atoms with Crippen molar-refractivity contribution < 1.29 is 33.0 Å². The molecule has 0 spiro atoms. The fourth-order valence-corrected chi connectivity index (χ4v) is 3.76. The number of anilines is 2. The Hall–Kier alpha value is -4.62. The molecule has 0 aliphatic rings. The number of carbonyl (C=O) groups is 3. The summed E-state index contributed by atoms with van der Waals surface area (Å²) in [6, 6.07) is 11.2. The van der Waals surface area contributed by atoms with Crippen LogP contribution in [0.3, 0.4) is 0 Å². The zero-order valence-corrected chi connectivity index (χ0v) is 23.2. The summed E-state index contributed by atoms with van der Waals surface area (Å²) in [6.45, 7) is 3.89. The predicted octanol–water partition coefficient (Wildman–Crippen LogP) is 3.61. The van der Waals surface area contributed by atoms with Gasteiger partial charge in [0.15, 0.2) is 12.2 Å². The van der Waals surface area contributed by atoms with Gasteiger partial charge in [0.25, 0.3) is 0 Å². The Labute approximate surface area is 237 Å². The molecule has 0 aliphatic heterocycles. The summed E-state index contributed by atoms with van der Waals surface area (Å²) in [5, 5.41) is 8.22. The summed E-state index contributed by atoms with van der Waals surface area (Å²) in [5.74, 6) is 0.547. The monoisotopic (exact) mass is 568 g/mol. The molecule has 1 unspecified atom stereocenters. The van der Waals surface area contributed by atoms with Crippen LogP contribution in [-0.2, 0) is 20.8 Å². The van der Waals surface area contributed by atoms with Gasteiger partial charge in [0.1, 0.15) is 11.9 Å². The van der Waals surface area contributed by atoms with Crippen molar-refractivity contribution in [2.45, 2.75) is 51.5 Å². The number of urea groups is 1. The van der Waals surface area contributed by atoms with Gasteiger partial charge >= 0.3 is 12.1 Å². The van der Waals surface area contributed by atoms with Crippen LogP contribution in [0.2, 0.25) is 0 Å². The lowest BCUT2D eigenvalue weighted by Gasteiger charge is -2.23. The Balaban J connectivity index is 1.47. The van der Waals surface area contributed by atoms with E-state index in [0.29, 0.717) is 34.9 Å². The molecule has 2 aromatic carbocycles. The van der Waals surface area contributed by atoms with Crippen molar-refractivity contribution in [1.82, 2.24) is 10.3 Å². The lowest BCUT2D eigenvalue weighted by molar-refractivity contribution is -0.119. The molecule has 0 fully saturated rings. The van der Waals surface area contributed by atoms with Crippen molar-refractivity contribution in [2.75, 3.05) is 24.4 Å². The van der Waals surface area contributed by atoms with Crippen LogP contribution < -0.4 is 32.2 Å². The Bertz CT molecular complexity index is 1300. The molecule has 7 N–H and O–H groups in total. The second-order valence-corrected chi connectivity index (χ2v) is 9.22. The Kier molecular flexibility index (Phi) is 11.5. The molecule has 0 bridgehead atoms. The lowest BCUT2D eigenvalue weighted by Crippen LogP contribution is -2.40. The van der Waals surface area contributed by atoms with Gasteiger partial charge in [0.05, 0.1) is 31.6 Å². The standard InChI is InChI=1S/C28H36N6O7/c1-4-21(15-39-17(2)23(29)12-26(30)35)41-28(37)32-13-18-6-5-7-19(10-18)33-27(36)34-20-8-9-22(24(11-20)38-3)25-14-31-16-40-25/h5-11,14,16-17,21,23H,4,12-13,15,29H2,1-3H3,(H2,30,35)(H,32,37)(H2,33,34,36)/t17?,21-,23-/m1/s1. The number of ether oxygens (including phenoxy) is 3. The average Bonchev–Trinajstić information content (AvgIpc) is 3.48. The molecule has 13 nitrogen and oxygen atoms in total. The Morgan fingerprint density at radius 2 is 1.85 bits per heavy atom. The van der Waals surface area contributed by atoms with E-state index in [1.165, 1.54) is 13.5 Å². The molecule has 3 aromatic rings. The maximum absolute atomic E-state index is 12.6. The van der Waals surface area contributed by atoms with Gasteiger partial charge in [-0.05, 0) is 43.2 Å². The molecule has 4 amide bonds. The van der Waals surface area contributed by atoms with Crippen molar-refractivity contribution in [2.24, 2.45) is 11.5 Å². The number of nitrogens with zero attached hydrogens (tertiary/aromatic N) is 1. The second-order valence-electron chi connectivity index (χ2n) is 9.22. The van der Waals surface area contributed by atoms with Gasteiger partial charge in [-0.2, -0.15) is 0 Å². The van der Waals surface area contributed by atoms with Gasteiger partial charge < -0.3 is 46.0 Å². The van der Waals surface area contributed by atoms with Gasteiger partial charge in [-0.3, -0.25) is 4.79 Å². The van der Waals surface area contributed by atoms with Crippen LogP contribution in [0.5, 0.6) is 5.75 Å². The van der Waals surface area contributed by atoms with E-state index >= 15 is 0 Å². The fraction of sp³-hybridized carbons (Fsp3) is 0.357. The van der Waals surface area contributed by atoms with Crippen molar-refractivity contribution in [3.8, 4) is 17.1 Å². The maximum atomic E-state index is 12.6. The summed E-state index contributed by atoms with van der Waals surface area (Å²) < 4.78 is 21.8. The Morgan fingerprint density at radius 3 is 2.51 bits per heavy atom. The summed E-state index contributed by atoms with van der Waals surface area (Å²) in [7, 11) is 1.52. The third kappa shape index (κ3) is 9.81. The quantitative estimate of drug-likeness (QED) is 0.193. The molecule has 1 heterocycles. The minimum Gasteiger partial charge on any atom is -0.496 e. The number of alkyl carbamates (subject to hydrolysis) is 1. The minimum absolute atomic E-state index is 0.00132. The van der Waals surface area contributed by atoms with E-state index < -0.39 is 36.3 Å². The largest absolute Gasteiger partial charge is 0.496 e. The number of nitrogens with one attached hydrogen (secondary N) is 3. The highest BCUT2D eigenvalue weighted by molar-refractivity contribution is 6.00. The first-order valence-corrected chi connectivity index (χ1v) is 13.0. The molecule has 1 aromatic heterocycles. The number of nitrogens with two attached hydrogens (primary N) is 2. The molecule has 0 aliphatic carbocycles. The molecule has 0 saturated heterocycles. The molecular weight excluding hydrogens is 532 g/mol. The highest BCUT2D eigenvalue weighted by atomic mass is 16.6. The fourth-order valence-electron chi connectivity index (χ4n) is 3.76. The van der Waals surface area contributed by atoms with Crippen LogP contribution >= 0.6 is 0 Å². The number of benzene rings is 2. The van der Waals surface area contributed by atoms with Crippen molar-refractivity contribution >= 4 is 29.4 Å². The van der Waals surface area contributed by atoms with Crippen LogP contribution in [0.15, 0.2) is 59.5 Å². The van der Waals surface area contributed by atoms with E-state index in [2.05, 4.69) is 20.9 Å². The molecular formula is C28H36N6O7. The molecule has 3 atom stereocenters. The van der Waals surface area contributed by atoms with E-state index in [0.717, 1.165) is 5.56 Å². The number of oxazole rings is 1. The molecule has 0 radical (unpaired) electrons. The molecule has 41 heavy (non-hydrogen) atoms. The van der Waals surface area contributed by atoms with E-state index in [-0.39, 0.29) is 19.6 Å². The molecule has 0 saturated carbocycles. The number of amides is 4. The van der Waals surface area contributed by atoms with Crippen molar-refractivity contribution in [3.05, 3.63) is 60.6 Å². The van der Waals surface area contributed by atoms with Crippen LogP contribution in [0, 0.1) is 0 Å². The third-order valence-corrected chi connectivity index (χ3v) is 6.09. The van der Waals surface area contributed by atoms with Crippen LogP contribution in [0.25, 0.3) is 11.3 Å². The number of hydrogen-bond acceptors (Lipinski definition) is 9. The van der Waals surface area contributed by atoms with E-state index in [1.807, 2.05) is 6.92 Å². The van der Waals surface area contributed by atoms with Gasteiger partial charge in [-0.25, -0.2) is 14.6 Å². The van der Waals surface area contributed by atoms with E-state index in [4.69, 9.17) is 30.1 Å². The molecule has 220 valence electrons. The number of aromatic nitrogens is 1. The summed E-state index contributed by atoms with van der Waals surface area (Å²) >= 11 is 0. The zero-order valence-electron chi connectivity index (χ0n) is 23.2. The van der Waals surface area contributed by atoms with Crippen molar-refractivity contribution in [3.63, 3.8) is 0 Å². The van der Waals surface area contributed by atoms with Crippen LogP contribution in [-0.4, -0.2) is 55.0 Å². The van der Waals surface area contributed by atoms with Gasteiger partial charge in [0, 0.05) is 36.4 Å². The second kappa shape index (κ2) is 15.2. The first-order chi connectivity index (χ1) is 19.7. The van der Waals surface area contributed by atoms with Crippen LogP contribution in [0.1, 0.15) is 32.3 Å². The van der Waals surface area contributed by atoms with Gasteiger partial charge in [0.2, 0.25) is 5.91 Å². The van der Waals surface area contributed by atoms with Gasteiger partial charge in [-0.15, -0.1) is 0 Å². The summed E-state index contributed by atoms with van der Waals surface area (Å²) in [6.07, 6.45) is 1.87. The topological polar surface area (TPSA) is 193 Å². The maximum Gasteiger partial charge on any atom is 0.407 e. The highest BCUT2D eigenvalue weighted by Gasteiger charge is 2.19. The highest BCUT2D eigenvalue weighted by Crippen LogP contribution is 2.32. The number of methoxy groups -OCH3 is 1. The van der Waals surface area contributed by atoms with Crippen LogP contribution in [0.4, 0.5) is 21.0 Å². The number of rotatable bonds is 14. The minimum atomic E-state index is -0.617. The van der Waals surface area contributed by atoms with Crippen molar-refractivity contribution in [1.29, 1.82) is 0 Å². The molecule has 13 heteroatoms. The Morgan fingerprint density at radius 1 is 1.10 bits per heavy atom. The summed E-state index contributed by atoms with van der Waals surface area (Å²) in [4.78, 5) is 39.9. The van der Waals surface area contributed by atoms with E-state index in [9.17, 15) is 14.4 Å². The third-order valence-electron chi connectivity index (χ3n) is 6.09. The number of primary amides is 1. The first-order valence-electron chi connectivity index (χ1n) is 13.0. The number of carbonyl (C=O) groups excluding carboxylic acids is 3. The predicted molar refractivity (Wildman–Crippen MR) is 152 cm³/mol. The normalized spacial score (nSPS) is 13.0. The zero-order chi connectivity index (χ0) is 29.8. The van der Waals surface area contributed by atoms with Gasteiger partial charge in [-0.1, -0.05) is 19.1 Å². The smallest absolute Gasteiger partial charge is 0.407 e. The van der Waals surface area contributed by atoms with E-state index in [1.54, 1.807) is 55.6 Å². The first kappa shape index (κ1) is 30.9. The summed E-state index contributed by atoms with van der Waals surface area (Å²) in [5.41, 5.74) is 13.5. The SMILES string of the molecule is CC[C@H](COC(C)[C@H](N)CC(N)=O)OC(=O)NCc1cccc(NC(=O)Nc2ccc(-c3cnco3)c(OC)c2)c1. The number of hydrogen-bond donors (Lipinski definition) is 5.